The highest BCUT2D eigenvalue weighted by Crippen LogP contribution is 2.30. The fraction of sp³-hybridized carbons (Fsp3) is 0.667. The number of aryl methyl sites for hydroxylation is 1. The summed E-state index contributed by atoms with van der Waals surface area (Å²) in [4.78, 5) is 0. The summed E-state index contributed by atoms with van der Waals surface area (Å²) in [6.07, 6.45) is 16.7. The van der Waals surface area contributed by atoms with Gasteiger partial charge in [0, 0.05) is 40.2 Å². The van der Waals surface area contributed by atoms with Crippen LogP contribution in [0, 0.1) is 5.92 Å². The molecule has 0 spiro atoms. The molecule has 3 N–H and O–H groups in total. The summed E-state index contributed by atoms with van der Waals surface area (Å²) in [6.45, 7) is 2.31. The molecule has 2 fully saturated rings. The second-order valence-corrected chi connectivity index (χ2v) is 10.1. The molecule has 4 rings (SSSR count). The molecule has 1 heterocycles. The standard InChI is InChI=1S/C24H36BrN3.ClH/c25-20-8-13-24-23(15-20)19(17-28(24)16-18-5-2-1-3-6-18)7-4-14-27-22-11-9-21(26)10-12-22;/h8,13,15,17-18,21-22,27H,1-7,9-12,14,16,26H2;1H. The van der Waals surface area contributed by atoms with Crippen LogP contribution in [0.5, 0.6) is 0 Å². The third-order valence-corrected chi connectivity index (χ3v) is 7.43. The van der Waals surface area contributed by atoms with Gasteiger partial charge in [-0.1, -0.05) is 35.2 Å². The number of rotatable bonds is 7. The van der Waals surface area contributed by atoms with Gasteiger partial charge in [-0.05, 0) is 87.6 Å². The summed E-state index contributed by atoms with van der Waals surface area (Å²) >= 11 is 3.68. The lowest BCUT2D eigenvalue weighted by atomic mass is 9.89. The number of fused-ring (bicyclic) bond motifs is 1. The molecule has 1 aromatic heterocycles. The lowest BCUT2D eigenvalue weighted by Crippen LogP contribution is -2.37. The molecule has 5 heteroatoms. The van der Waals surface area contributed by atoms with E-state index in [1.165, 1.54) is 91.7 Å². The van der Waals surface area contributed by atoms with Crippen molar-refractivity contribution in [2.45, 2.75) is 89.3 Å². The lowest BCUT2D eigenvalue weighted by Gasteiger charge is -2.26. The molecule has 1 aromatic carbocycles. The minimum atomic E-state index is 0. The number of halogens is 2. The molecule has 0 atom stereocenters. The fourth-order valence-corrected chi connectivity index (χ4v) is 5.61. The zero-order chi connectivity index (χ0) is 19.3. The van der Waals surface area contributed by atoms with Crippen molar-refractivity contribution in [2.24, 2.45) is 11.7 Å². The number of hydrogen-bond acceptors (Lipinski definition) is 2. The smallest absolute Gasteiger partial charge is 0.0484 e. The van der Waals surface area contributed by atoms with Crippen LogP contribution in [0.2, 0.25) is 0 Å². The second kappa shape index (κ2) is 11.2. The van der Waals surface area contributed by atoms with Crippen molar-refractivity contribution >= 4 is 39.2 Å². The second-order valence-electron chi connectivity index (χ2n) is 9.14. The Morgan fingerprint density at radius 2 is 1.79 bits per heavy atom. The first-order valence-electron chi connectivity index (χ1n) is 11.5. The van der Waals surface area contributed by atoms with Crippen LogP contribution >= 0.6 is 28.3 Å². The van der Waals surface area contributed by atoms with E-state index in [0.717, 1.165) is 18.9 Å². The van der Waals surface area contributed by atoms with Crippen LogP contribution in [0.25, 0.3) is 10.9 Å². The van der Waals surface area contributed by atoms with Crippen LogP contribution < -0.4 is 11.1 Å². The lowest BCUT2D eigenvalue weighted by molar-refractivity contribution is 0.322. The van der Waals surface area contributed by atoms with E-state index in [1.807, 2.05) is 0 Å². The normalized spacial score (nSPS) is 23.2. The number of nitrogens with two attached hydrogens (primary N) is 1. The first kappa shape index (κ1) is 23.1. The van der Waals surface area contributed by atoms with Crippen molar-refractivity contribution in [3.05, 3.63) is 34.4 Å². The summed E-state index contributed by atoms with van der Waals surface area (Å²) in [5.74, 6) is 0.861. The van der Waals surface area contributed by atoms with Gasteiger partial charge >= 0.3 is 0 Å². The zero-order valence-corrected chi connectivity index (χ0v) is 19.9. The molecule has 0 radical (unpaired) electrons. The monoisotopic (exact) mass is 481 g/mol. The van der Waals surface area contributed by atoms with Crippen molar-refractivity contribution in [1.82, 2.24) is 9.88 Å². The topological polar surface area (TPSA) is 43.0 Å². The van der Waals surface area contributed by atoms with Crippen LogP contribution in [0.15, 0.2) is 28.9 Å². The quantitative estimate of drug-likeness (QED) is 0.461. The summed E-state index contributed by atoms with van der Waals surface area (Å²) in [5.41, 5.74) is 8.96. The summed E-state index contributed by atoms with van der Waals surface area (Å²) in [6, 6.07) is 7.93. The number of aromatic nitrogens is 1. The number of nitrogens with zero attached hydrogens (tertiary/aromatic N) is 1. The maximum atomic E-state index is 6.03. The Morgan fingerprint density at radius 3 is 2.55 bits per heavy atom. The van der Waals surface area contributed by atoms with Crippen LogP contribution in [0.1, 0.15) is 69.8 Å². The molecule has 0 amide bonds. The van der Waals surface area contributed by atoms with Gasteiger partial charge in [0.2, 0.25) is 0 Å². The minimum absolute atomic E-state index is 0. The molecule has 2 saturated carbocycles. The molecule has 2 aliphatic rings. The van der Waals surface area contributed by atoms with Crippen LogP contribution in [-0.2, 0) is 13.0 Å². The highest BCUT2D eigenvalue weighted by molar-refractivity contribution is 9.10. The van der Waals surface area contributed by atoms with Crippen molar-refractivity contribution in [2.75, 3.05) is 6.54 Å². The van der Waals surface area contributed by atoms with Crippen LogP contribution in [-0.4, -0.2) is 23.2 Å². The van der Waals surface area contributed by atoms with Crippen molar-refractivity contribution in [3.63, 3.8) is 0 Å². The van der Waals surface area contributed by atoms with Gasteiger partial charge in [0.05, 0.1) is 0 Å². The third-order valence-electron chi connectivity index (χ3n) is 6.93. The highest BCUT2D eigenvalue weighted by Gasteiger charge is 2.18. The Balaban J connectivity index is 0.00000240. The van der Waals surface area contributed by atoms with E-state index in [-0.39, 0.29) is 12.4 Å². The molecular weight excluding hydrogens is 446 g/mol. The summed E-state index contributed by atoms with van der Waals surface area (Å²) < 4.78 is 3.73. The van der Waals surface area contributed by atoms with Gasteiger partial charge in [-0.3, -0.25) is 0 Å². The first-order valence-corrected chi connectivity index (χ1v) is 12.2. The van der Waals surface area contributed by atoms with E-state index < -0.39 is 0 Å². The average molecular weight is 483 g/mol. The number of hydrogen-bond donors (Lipinski definition) is 2. The largest absolute Gasteiger partial charge is 0.347 e. The number of nitrogens with one attached hydrogen (secondary N) is 1. The van der Waals surface area contributed by atoms with E-state index in [4.69, 9.17) is 5.73 Å². The van der Waals surface area contributed by atoms with Crippen molar-refractivity contribution < 1.29 is 0 Å². The first-order chi connectivity index (χ1) is 13.7. The maximum absolute atomic E-state index is 6.03. The Hall–Kier alpha value is -0.550. The van der Waals surface area contributed by atoms with Gasteiger partial charge in [0.15, 0.2) is 0 Å². The average Bonchev–Trinajstić information content (AvgIpc) is 3.04. The molecule has 0 unspecified atom stereocenters. The van der Waals surface area contributed by atoms with Gasteiger partial charge in [-0.25, -0.2) is 0 Å². The summed E-state index contributed by atoms with van der Waals surface area (Å²) in [5, 5.41) is 5.21. The molecule has 0 bridgehead atoms. The molecule has 0 aliphatic heterocycles. The van der Waals surface area contributed by atoms with Gasteiger partial charge in [-0.2, -0.15) is 0 Å². The van der Waals surface area contributed by atoms with Crippen molar-refractivity contribution in [3.8, 4) is 0 Å². The Labute approximate surface area is 190 Å². The van der Waals surface area contributed by atoms with E-state index >= 15 is 0 Å². The van der Waals surface area contributed by atoms with Crippen molar-refractivity contribution in [1.29, 1.82) is 0 Å². The third kappa shape index (κ3) is 6.22. The van der Waals surface area contributed by atoms with Gasteiger partial charge in [-0.15, -0.1) is 12.4 Å². The van der Waals surface area contributed by atoms with E-state index in [0.29, 0.717) is 12.1 Å². The minimum Gasteiger partial charge on any atom is -0.347 e. The molecular formula is C24H37BrClN3. The maximum Gasteiger partial charge on any atom is 0.0484 e. The van der Waals surface area contributed by atoms with Gasteiger partial charge in [0.25, 0.3) is 0 Å². The zero-order valence-electron chi connectivity index (χ0n) is 17.5. The van der Waals surface area contributed by atoms with Gasteiger partial charge < -0.3 is 15.6 Å². The Kier molecular flexibility index (Phi) is 8.91. The highest BCUT2D eigenvalue weighted by atomic mass is 79.9. The summed E-state index contributed by atoms with van der Waals surface area (Å²) in [7, 11) is 0. The van der Waals surface area contributed by atoms with E-state index in [1.54, 1.807) is 0 Å². The molecule has 0 saturated heterocycles. The van der Waals surface area contributed by atoms with Crippen LogP contribution in [0.4, 0.5) is 0 Å². The van der Waals surface area contributed by atoms with Gasteiger partial charge in [0.1, 0.15) is 0 Å². The molecule has 3 nitrogen and oxygen atoms in total. The predicted octanol–water partition coefficient (Wildman–Crippen LogP) is 6.20. The fourth-order valence-electron chi connectivity index (χ4n) is 5.25. The Bertz CT molecular complexity index is 761. The molecule has 162 valence electrons. The number of benzene rings is 1. The molecule has 2 aliphatic carbocycles. The van der Waals surface area contributed by atoms with E-state index in [2.05, 4.69) is 50.2 Å². The molecule has 2 aromatic rings. The van der Waals surface area contributed by atoms with Crippen LogP contribution in [0.3, 0.4) is 0 Å². The Morgan fingerprint density at radius 1 is 1.03 bits per heavy atom. The molecule has 29 heavy (non-hydrogen) atoms. The van der Waals surface area contributed by atoms with E-state index in [9.17, 15) is 0 Å². The SMILES string of the molecule is Cl.NC1CCC(NCCCc2cn(CC3CCCCC3)c3ccc(Br)cc23)CC1. The predicted molar refractivity (Wildman–Crippen MR) is 130 cm³/mol.